The number of nitro groups is 1. The molecule has 0 saturated carbocycles. The Bertz CT molecular complexity index is 561. The molecule has 1 aromatic carbocycles. The summed E-state index contributed by atoms with van der Waals surface area (Å²) in [5.41, 5.74) is -0.0768. The van der Waals surface area contributed by atoms with E-state index in [0.29, 0.717) is 24.7 Å². The summed E-state index contributed by atoms with van der Waals surface area (Å²) in [6, 6.07) is 2.67. The molecule has 1 aliphatic rings. The van der Waals surface area contributed by atoms with Crippen LogP contribution in [0.1, 0.15) is 0 Å². The second kappa shape index (κ2) is 6.27. The number of carboxylic acids is 1. The van der Waals surface area contributed by atoms with E-state index in [9.17, 15) is 14.9 Å². The zero-order valence-corrected chi connectivity index (χ0v) is 11.2. The average Bonchev–Trinajstić information content (AvgIpc) is 2.46. The van der Waals surface area contributed by atoms with Crippen molar-refractivity contribution in [2.24, 2.45) is 0 Å². The van der Waals surface area contributed by atoms with Gasteiger partial charge in [0.2, 0.25) is 0 Å². The first-order chi connectivity index (χ1) is 10.0. The molecule has 2 N–H and O–H groups in total. The summed E-state index contributed by atoms with van der Waals surface area (Å²) in [6.45, 7) is 0.550. The van der Waals surface area contributed by atoms with Crippen molar-refractivity contribution in [2.45, 2.75) is 6.10 Å². The van der Waals surface area contributed by atoms with E-state index in [1.807, 2.05) is 0 Å². The molecule has 0 saturated heterocycles. The van der Waals surface area contributed by atoms with Crippen LogP contribution in [0.15, 0.2) is 12.1 Å². The van der Waals surface area contributed by atoms with Gasteiger partial charge in [0, 0.05) is 13.2 Å². The standard InChI is InChI=1S/C12H14N2O7/c1-19-11(12(15)16)6-13-7-4-9-10(21-3-2-20-9)5-8(7)14(17)18/h4-5,11,13H,2-3,6H2,1H3,(H,15,16). The number of nitro benzene ring substituents is 1. The van der Waals surface area contributed by atoms with Crippen LogP contribution in [0.25, 0.3) is 0 Å². The molecular formula is C12H14N2O7. The van der Waals surface area contributed by atoms with Crippen LogP contribution in [0.5, 0.6) is 11.5 Å². The Labute approximate surface area is 119 Å². The lowest BCUT2D eigenvalue weighted by Gasteiger charge is -2.20. The van der Waals surface area contributed by atoms with Crippen LogP contribution >= 0.6 is 0 Å². The Balaban J connectivity index is 2.24. The third-order valence-corrected chi connectivity index (χ3v) is 2.90. The fourth-order valence-corrected chi connectivity index (χ4v) is 1.84. The van der Waals surface area contributed by atoms with Crippen molar-refractivity contribution >= 4 is 17.3 Å². The van der Waals surface area contributed by atoms with E-state index >= 15 is 0 Å². The number of nitrogens with zero attached hydrogens (tertiary/aromatic N) is 1. The predicted molar refractivity (Wildman–Crippen MR) is 71.0 cm³/mol. The number of carboxylic acid groups (broad SMARTS) is 1. The number of rotatable bonds is 6. The fraction of sp³-hybridized carbons (Fsp3) is 0.417. The molecule has 21 heavy (non-hydrogen) atoms. The van der Waals surface area contributed by atoms with E-state index < -0.39 is 17.0 Å². The van der Waals surface area contributed by atoms with Gasteiger partial charge in [0.15, 0.2) is 17.6 Å². The highest BCUT2D eigenvalue weighted by molar-refractivity contribution is 5.74. The Morgan fingerprint density at radius 3 is 2.62 bits per heavy atom. The summed E-state index contributed by atoms with van der Waals surface area (Å²) in [7, 11) is 1.25. The van der Waals surface area contributed by atoms with Crippen LogP contribution in [0.4, 0.5) is 11.4 Å². The zero-order chi connectivity index (χ0) is 15.4. The highest BCUT2D eigenvalue weighted by atomic mass is 16.6. The zero-order valence-electron chi connectivity index (χ0n) is 11.2. The number of nitrogens with one attached hydrogen (secondary N) is 1. The molecule has 0 bridgehead atoms. The van der Waals surface area contributed by atoms with E-state index in [1.165, 1.54) is 19.2 Å². The normalized spacial score (nSPS) is 14.3. The molecule has 0 amide bonds. The third kappa shape index (κ3) is 3.31. The van der Waals surface area contributed by atoms with Gasteiger partial charge >= 0.3 is 5.97 Å². The Hall–Kier alpha value is -2.55. The van der Waals surface area contributed by atoms with Gasteiger partial charge in [-0.1, -0.05) is 0 Å². The SMILES string of the molecule is COC(CNc1cc2c(cc1[N+](=O)[O-])OCCO2)C(=O)O. The molecule has 1 unspecified atom stereocenters. The lowest BCUT2D eigenvalue weighted by atomic mass is 10.2. The number of fused-ring (bicyclic) bond motifs is 1. The first-order valence-corrected chi connectivity index (χ1v) is 6.10. The van der Waals surface area contributed by atoms with E-state index in [-0.39, 0.29) is 17.9 Å². The molecule has 0 aliphatic carbocycles. The highest BCUT2D eigenvalue weighted by Crippen LogP contribution is 2.39. The quantitative estimate of drug-likeness (QED) is 0.586. The lowest BCUT2D eigenvalue weighted by molar-refractivity contribution is -0.384. The molecule has 0 aromatic heterocycles. The van der Waals surface area contributed by atoms with Crippen molar-refractivity contribution in [3.63, 3.8) is 0 Å². The van der Waals surface area contributed by atoms with Crippen LogP contribution in [0.3, 0.4) is 0 Å². The maximum atomic E-state index is 11.1. The third-order valence-electron chi connectivity index (χ3n) is 2.90. The smallest absolute Gasteiger partial charge is 0.334 e. The lowest BCUT2D eigenvalue weighted by Crippen LogP contribution is -2.30. The van der Waals surface area contributed by atoms with Crippen molar-refractivity contribution in [3.05, 3.63) is 22.2 Å². The van der Waals surface area contributed by atoms with E-state index in [2.05, 4.69) is 5.32 Å². The van der Waals surface area contributed by atoms with Gasteiger partial charge in [0.05, 0.1) is 17.5 Å². The van der Waals surface area contributed by atoms with Crippen molar-refractivity contribution in [1.29, 1.82) is 0 Å². The number of ether oxygens (including phenoxy) is 3. The highest BCUT2D eigenvalue weighted by Gasteiger charge is 2.24. The second-order valence-electron chi connectivity index (χ2n) is 4.21. The van der Waals surface area contributed by atoms with E-state index in [0.717, 1.165) is 0 Å². The number of aliphatic carboxylic acids is 1. The minimum atomic E-state index is -1.16. The van der Waals surface area contributed by atoms with Crippen LogP contribution < -0.4 is 14.8 Å². The number of anilines is 1. The summed E-state index contributed by atoms with van der Waals surface area (Å²) < 4.78 is 15.4. The van der Waals surface area contributed by atoms with Gasteiger partial charge in [-0.15, -0.1) is 0 Å². The largest absolute Gasteiger partial charge is 0.486 e. The maximum Gasteiger partial charge on any atom is 0.334 e. The monoisotopic (exact) mass is 298 g/mol. The fourth-order valence-electron chi connectivity index (χ4n) is 1.84. The van der Waals surface area contributed by atoms with Crippen LogP contribution in [-0.2, 0) is 9.53 Å². The van der Waals surface area contributed by atoms with Crippen molar-refractivity contribution < 1.29 is 29.0 Å². The first-order valence-electron chi connectivity index (χ1n) is 6.10. The number of hydrogen-bond acceptors (Lipinski definition) is 7. The van der Waals surface area contributed by atoms with Gasteiger partial charge in [0.25, 0.3) is 5.69 Å². The van der Waals surface area contributed by atoms with Gasteiger partial charge in [-0.05, 0) is 0 Å². The molecule has 1 aliphatic heterocycles. The molecule has 2 rings (SSSR count). The first kappa shape index (κ1) is 14.9. The van der Waals surface area contributed by atoms with Gasteiger partial charge < -0.3 is 24.6 Å². The summed E-state index contributed by atoms with van der Waals surface area (Å²) in [6.07, 6.45) is -1.11. The Morgan fingerprint density at radius 1 is 1.48 bits per heavy atom. The van der Waals surface area contributed by atoms with Crippen molar-refractivity contribution in [2.75, 3.05) is 32.2 Å². The van der Waals surface area contributed by atoms with Crippen molar-refractivity contribution in [3.8, 4) is 11.5 Å². The molecule has 9 nitrogen and oxygen atoms in total. The number of hydrogen-bond donors (Lipinski definition) is 2. The number of carbonyl (C=O) groups is 1. The maximum absolute atomic E-state index is 11.1. The summed E-state index contributed by atoms with van der Waals surface area (Å²) in [4.78, 5) is 21.4. The Kier molecular flexibility index (Phi) is 4.43. The molecule has 1 atom stereocenters. The molecule has 0 fully saturated rings. The van der Waals surface area contributed by atoms with Crippen LogP contribution in [0, 0.1) is 10.1 Å². The molecule has 1 aromatic rings. The van der Waals surface area contributed by atoms with Crippen molar-refractivity contribution in [1.82, 2.24) is 0 Å². The average molecular weight is 298 g/mol. The van der Waals surface area contributed by atoms with Crippen LogP contribution in [0.2, 0.25) is 0 Å². The van der Waals surface area contributed by atoms with Crippen LogP contribution in [-0.4, -0.2) is 49.0 Å². The van der Waals surface area contributed by atoms with Gasteiger partial charge in [-0.3, -0.25) is 10.1 Å². The summed E-state index contributed by atoms with van der Waals surface area (Å²) >= 11 is 0. The van der Waals surface area contributed by atoms with E-state index in [4.69, 9.17) is 19.3 Å². The number of benzene rings is 1. The van der Waals surface area contributed by atoms with Gasteiger partial charge in [-0.25, -0.2) is 4.79 Å². The second-order valence-corrected chi connectivity index (χ2v) is 4.21. The molecule has 1 heterocycles. The predicted octanol–water partition coefficient (Wildman–Crippen LogP) is 0.877. The topological polar surface area (TPSA) is 120 Å². The number of methoxy groups -OCH3 is 1. The molecule has 114 valence electrons. The van der Waals surface area contributed by atoms with Gasteiger partial charge in [-0.2, -0.15) is 0 Å². The summed E-state index contributed by atoms with van der Waals surface area (Å²) in [5, 5.41) is 22.6. The molecule has 9 heteroatoms. The minimum Gasteiger partial charge on any atom is -0.486 e. The molecule has 0 spiro atoms. The molecule has 0 radical (unpaired) electrons. The summed E-state index contributed by atoms with van der Waals surface area (Å²) in [5.74, 6) is -0.496. The molecular weight excluding hydrogens is 284 g/mol. The van der Waals surface area contributed by atoms with Gasteiger partial charge in [0.1, 0.15) is 18.9 Å². The Morgan fingerprint density at radius 2 is 2.10 bits per heavy atom. The minimum absolute atomic E-state index is 0.119. The van der Waals surface area contributed by atoms with E-state index in [1.54, 1.807) is 0 Å².